The zero-order valence-corrected chi connectivity index (χ0v) is 17.3. The molecule has 0 fully saturated rings. The van der Waals surface area contributed by atoms with Crippen LogP contribution < -0.4 is 5.32 Å². The Morgan fingerprint density at radius 2 is 1.77 bits per heavy atom. The molecule has 1 N–H and O–H groups in total. The summed E-state index contributed by atoms with van der Waals surface area (Å²) < 4.78 is 13.6. The number of hydrogen-bond acceptors (Lipinski definition) is 2. The Morgan fingerprint density at radius 1 is 1.03 bits per heavy atom. The second-order valence-electron chi connectivity index (χ2n) is 7.47. The third-order valence-electron chi connectivity index (χ3n) is 5.41. The number of nitrogens with zero attached hydrogens (tertiary/aromatic N) is 1. The van der Waals surface area contributed by atoms with Crippen LogP contribution in [0.3, 0.4) is 0 Å². The van der Waals surface area contributed by atoms with Gasteiger partial charge >= 0.3 is 0 Å². The summed E-state index contributed by atoms with van der Waals surface area (Å²) in [5.74, 6) is -0.962. The molecule has 1 aliphatic rings. The Balaban J connectivity index is 1.89. The van der Waals surface area contributed by atoms with Crippen LogP contribution in [0.4, 0.5) is 10.1 Å². The summed E-state index contributed by atoms with van der Waals surface area (Å²) in [6.45, 7) is 3.77. The summed E-state index contributed by atoms with van der Waals surface area (Å²) in [6.07, 6.45) is 0. The SMILES string of the molecule is Cc1ccc(C(=O)N2CC(=O)Nc3ccc(Cl)cc3[C@@H]2c2ccc(F)cc2)cc1C. The van der Waals surface area contributed by atoms with Gasteiger partial charge in [0.1, 0.15) is 12.4 Å². The number of carbonyl (C=O) groups is 2. The van der Waals surface area contributed by atoms with Crippen LogP contribution in [-0.4, -0.2) is 23.3 Å². The highest BCUT2D eigenvalue weighted by Gasteiger charge is 2.34. The van der Waals surface area contributed by atoms with Crippen molar-refractivity contribution in [2.75, 3.05) is 11.9 Å². The molecule has 4 nitrogen and oxygen atoms in total. The van der Waals surface area contributed by atoms with E-state index in [0.717, 1.165) is 11.1 Å². The largest absolute Gasteiger partial charge is 0.324 e. The van der Waals surface area contributed by atoms with E-state index in [-0.39, 0.29) is 24.2 Å². The zero-order chi connectivity index (χ0) is 21.4. The van der Waals surface area contributed by atoms with Gasteiger partial charge < -0.3 is 10.2 Å². The van der Waals surface area contributed by atoms with E-state index < -0.39 is 6.04 Å². The predicted octanol–water partition coefficient (Wildman–Crippen LogP) is 5.28. The highest BCUT2D eigenvalue weighted by atomic mass is 35.5. The summed E-state index contributed by atoms with van der Waals surface area (Å²) in [5, 5.41) is 3.33. The minimum atomic E-state index is -0.604. The molecule has 0 spiro atoms. The number of benzene rings is 3. The molecule has 1 atom stereocenters. The molecular weight excluding hydrogens is 403 g/mol. The molecule has 30 heavy (non-hydrogen) atoms. The van der Waals surface area contributed by atoms with Crippen molar-refractivity contribution in [3.8, 4) is 0 Å². The molecule has 3 aromatic carbocycles. The van der Waals surface area contributed by atoms with Crippen molar-refractivity contribution in [1.29, 1.82) is 0 Å². The van der Waals surface area contributed by atoms with Crippen molar-refractivity contribution >= 4 is 29.1 Å². The van der Waals surface area contributed by atoms with Crippen LogP contribution in [0.25, 0.3) is 0 Å². The molecule has 0 bridgehead atoms. The Morgan fingerprint density at radius 3 is 2.47 bits per heavy atom. The van der Waals surface area contributed by atoms with Crippen LogP contribution in [0.1, 0.15) is 38.7 Å². The molecule has 4 rings (SSSR count). The molecule has 152 valence electrons. The minimum Gasteiger partial charge on any atom is -0.324 e. The maximum Gasteiger partial charge on any atom is 0.255 e. The minimum absolute atomic E-state index is 0.139. The van der Waals surface area contributed by atoms with Gasteiger partial charge in [-0.3, -0.25) is 9.59 Å². The van der Waals surface area contributed by atoms with E-state index in [0.29, 0.717) is 27.4 Å². The lowest BCUT2D eigenvalue weighted by Gasteiger charge is -2.31. The molecule has 0 aliphatic carbocycles. The van der Waals surface area contributed by atoms with Crippen LogP contribution >= 0.6 is 11.6 Å². The Kier molecular flexibility index (Phi) is 5.31. The Bertz CT molecular complexity index is 1140. The molecule has 0 unspecified atom stereocenters. The van der Waals surface area contributed by atoms with Crippen molar-refractivity contribution in [2.24, 2.45) is 0 Å². The molecule has 0 saturated heterocycles. The van der Waals surface area contributed by atoms with Crippen LogP contribution in [0, 0.1) is 19.7 Å². The first-order chi connectivity index (χ1) is 14.3. The van der Waals surface area contributed by atoms with Gasteiger partial charge in [0.2, 0.25) is 5.91 Å². The van der Waals surface area contributed by atoms with Gasteiger partial charge in [0.05, 0.1) is 6.04 Å². The maximum absolute atomic E-state index is 13.6. The third kappa shape index (κ3) is 3.81. The van der Waals surface area contributed by atoms with E-state index in [4.69, 9.17) is 11.6 Å². The smallest absolute Gasteiger partial charge is 0.255 e. The number of carbonyl (C=O) groups excluding carboxylic acids is 2. The third-order valence-corrected chi connectivity index (χ3v) is 5.64. The average Bonchev–Trinajstić information content (AvgIpc) is 2.86. The fourth-order valence-electron chi connectivity index (χ4n) is 3.71. The number of amides is 2. The molecule has 2 amide bonds. The van der Waals surface area contributed by atoms with Crippen molar-refractivity contribution in [1.82, 2.24) is 4.90 Å². The lowest BCUT2D eigenvalue weighted by atomic mass is 9.95. The number of hydrogen-bond donors (Lipinski definition) is 1. The molecule has 0 aromatic heterocycles. The van der Waals surface area contributed by atoms with Crippen LogP contribution in [-0.2, 0) is 4.79 Å². The summed E-state index contributed by atoms with van der Waals surface area (Å²) in [7, 11) is 0. The van der Waals surface area contributed by atoms with Gasteiger partial charge in [-0.15, -0.1) is 0 Å². The lowest BCUT2D eigenvalue weighted by Crippen LogP contribution is -2.39. The van der Waals surface area contributed by atoms with Crippen molar-refractivity contribution in [3.63, 3.8) is 0 Å². The monoisotopic (exact) mass is 422 g/mol. The van der Waals surface area contributed by atoms with Gasteiger partial charge in [0.25, 0.3) is 5.91 Å². The van der Waals surface area contributed by atoms with E-state index in [1.54, 1.807) is 36.4 Å². The summed E-state index contributed by atoms with van der Waals surface area (Å²) in [4.78, 5) is 27.7. The summed E-state index contributed by atoms with van der Waals surface area (Å²) >= 11 is 6.25. The molecule has 3 aromatic rings. The van der Waals surface area contributed by atoms with Gasteiger partial charge in [-0.2, -0.15) is 0 Å². The fourth-order valence-corrected chi connectivity index (χ4v) is 3.89. The number of nitrogens with one attached hydrogen (secondary N) is 1. The first-order valence-corrected chi connectivity index (χ1v) is 9.94. The maximum atomic E-state index is 13.6. The van der Waals surface area contributed by atoms with E-state index in [1.165, 1.54) is 17.0 Å². The number of aryl methyl sites for hydroxylation is 2. The predicted molar refractivity (Wildman–Crippen MR) is 115 cm³/mol. The topological polar surface area (TPSA) is 49.4 Å². The molecule has 1 aliphatic heterocycles. The molecule has 1 heterocycles. The first-order valence-electron chi connectivity index (χ1n) is 9.56. The van der Waals surface area contributed by atoms with Crippen molar-refractivity contribution in [3.05, 3.63) is 99.3 Å². The van der Waals surface area contributed by atoms with E-state index in [1.807, 2.05) is 26.0 Å². The van der Waals surface area contributed by atoms with Gasteiger partial charge in [-0.25, -0.2) is 4.39 Å². The standard InChI is InChI=1S/C24H20ClFN2O2/c1-14-3-4-17(11-15(14)2)24(30)28-13-22(29)27-21-10-7-18(25)12-20(21)23(28)16-5-8-19(26)9-6-16/h3-12,23H,13H2,1-2H3,(H,27,29)/t23-/m0/s1. The molecule has 0 radical (unpaired) electrons. The van der Waals surface area contributed by atoms with Crippen LogP contribution in [0.5, 0.6) is 0 Å². The summed E-state index contributed by atoms with van der Waals surface area (Å²) in [6, 6.07) is 15.9. The second kappa shape index (κ2) is 7.92. The quantitative estimate of drug-likeness (QED) is 0.610. The van der Waals surface area contributed by atoms with E-state index in [9.17, 15) is 14.0 Å². The second-order valence-corrected chi connectivity index (χ2v) is 7.90. The van der Waals surface area contributed by atoms with Gasteiger partial charge in [0, 0.05) is 21.8 Å². The lowest BCUT2D eigenvalue weighted by molar-refractivity contribution is -0.117. The average molecular weight is 423 g/mol. The molecular formula is C24H20ClFN2O2. The normalized spacial score (nSPS) is 15.9. The molecule has 0 saturated carbocycles. The molecule has 6 heteroatoms. The number of halogens is 2. The number of anilines is 1. The summed E-state index contributed by atoms with van der Waals surface area (Å²) in [5.41, 5.74) is 4.50. The van der Waals surface area contributed by atoms with Crippen molar-refractivity contribution < 1.29 is 14.0 Å². The fraction of sp³-hybridized carbons (Fsp3) is 0.167. The van der Waals surface area contributed by atoms with Crippen molar-refractivity contribution in [2.45, 2.75) is 19.9 Å². The van der Waals surface area contributed by atoms with E-state index >= 15 is 0 Å². The van der Waals surface area contributed by atoms with Crippen LogP contribution in [0.15, 0.2) is 60.7 Å². The van der Waals surface area contributed by atoms with Gasteiger partial charge in [-0.1, -0.05) is 29.8 Å². The highest BCUT2D eigenvalue weighted by Crippen LogP contribution is 2.38. The number of rotatable bonds is 2. The Hall–Kier alpha value is -3.18. The first kappa shape index (κ1) is 20.1. The number of fused-ring (bicyclic) bond motifs is 1. The van der Waals surface area contributed by atoms with Gasteiger partial charge in [-0.05, 0) is 73.0 Å². The highest BCUT2D eigenvalue weighted by molar-refractivity contribution is 6.30. The zero-order valence-electron chi connectivity index (χ0n) is 16.6. The van der Waals surface area contributed by atoms with E-state index in [2.05, 4.69) is 5.32 Å². The van der Waals surface area contributed by atoms with Gasteiger partial charge in [0.15, 0.2) is 0 Å². The van der Waals surface area contributed by atoms with Crippen LogP contribution in [0.2, 0.25) is 5.02 Å². The Labute approximate surface area is 179 Å².